The van der Waals surface area contributed by atoms with Crippen LogP contribution in [0, 0.1) is 5.82 Å². The highest BCUT2D eigenvalue weighted by Gasteiger charge is 2.32. The lowest BCUT2D eigenvalue weighted by Crippen LogP contribution is -2.39. The molecule has 0 saturated heterocycles. The molecule has 118 valence electrons. The Labute approximate surface area is 131 Å². The van der Waals surface area contributed by atoms with E-state index in [1.54, 1.807) is 6.07 Å². The van der Waals surface area contributed by atoms with E-state index in [9.17, 15) is 24.2 Å². The molecule has 1 atom stereocenters. The van der Waals surface area contributed by atoms with E-state index in [1.807, 2.05) is 0 Å². The van der Waals surface area contributed by atoms with Gasteiger partial charge in [0, 0.05) is 6.54 Å². The van der Waals surface area contributed by atoms with Crippen molar-refractivity contribution in [1.82, 2.24) is 4.90 Å². The SMILES string of the molecule is O=C(O)c1ccc2c(c1)[C@H](c1ccc(F)cc1)N(C(=O)O)CC2. The smallest absolute Gasteiger partial charge is 0.408 e. The molecule has 0 radical (unpaired) electrons. The first-order valence-corrected chi connectivity index (χ1v) is 7.08. The van der Waals surface area contributed by atoms with Crippen LogP contribution in [0.1, 0.15) is 33.1 Å². The Morgan fingerprint density at radius 3 is 2.39 bits per heavy atom. The van der Waals surface area contributed by atoms with Gasteiger partial charge in [0.05, 0.1) is 11.6 Å². The van der Waals surface area contributed by atoms with Crippen LogP contribution in [0.3, 0.4) is 0 Å². The van der Waals surface area contributed by atoms with Crippen LogP contribution < -0.4 is 0 Å². The molecule has 0 aliphatic carbocycles. The summed E-state index contributed by atoms with van der Waals surface area (Å²) in [5, 5.41) is 18.6. The molecule has 2 aromatic carbocycles. The van der Waals surface area contributed by atoms with Crippen LogP contribution in [0.25, 0.3) is 0 Å². The first-order valence-electron chi connectivity index (χ1n) is 7.08. The van der Waals surface area contributed by atoms with Gasteiger partial charge < -0.3 is 10.2 Å². The summed E-state index contributed by atoms with van der Waals surface area (Å²) in [7, 11) is 0. The number of carboxylic acids is 1. The third kappa shape index (κ3) is 2.75. The van der Waals surface area contributed by atoms with Crippen molar-refractivity contribution in [2.24, 2.45) is 0 Å². The number of rotatable bonds is 2. The first-order chi connectivity index (χ1) is 11.0. The monoisotopic (exact) mass is 315 g/mol. The third-order valence-electron chi connectivity index (χ3n) is 4.05. The van der Waals surface area contributed by atoms with Gasteiger partial charge in [-0.25, -0.2) is 14.0 Å². The van der Waals surface area contributed by atoms with Gasteiger partial charge in [-0.2, -0.15) is 0 Å². The van der Waals surface area contributed by atoms with E-state index in [2.05, 4.69) is 0 Å². The fourth-order valence-corrected chi connectivity index (χ4v) is 2.96. The van der Waals surface area contributed by atoms with E-state index in [-0.39, 0.29) is 5.56 Å². The molecule has 3 rings (SSSR count). The Morgan fingerprint density at radius 1 is 1.09 bits per heavy atom. The van der Waals surface area contributed by atoms with Crippen LogP contribution in [0.5, 0.6) is 0 Å². The predicted octanol–water partition coefficient (Wildman–Crippen LogP) is 3.15. The van der Waals surface area contributed by atoms with Gasteiger partial charge in [-0.3, -0.25) is 4.90 Å². The van der Waals surface area contributed by atoms with Gasteiger partial charge in [0.15, 0.2) is 0 Å². The number of benzene rings is 2. The van der Waals surface area contributed by atoms with E-state index in [1.165, 1.54) is 41.3 Å². The fraction of sp³-hybridized carbons (Fsp3) is 0.176. The molecule has 0 saturated carbocycles. The lowest BCUT2D eigenvalue weighted by Gasteiger charge is -2.36. The van der Waals surface area contributed by atoms with Gasteiger partial charge in [-0.05, 0) is 47.4 Å². The maximum Gasteiger partial charge on any atom is 0.408 e. The average Bonchev–Trinajstić information content (AvgIpc) is 2.54. The van der Waals surface area contributed by atoms with Crippen molar-refractivity contribution in [2.75, 3.05) is 6.54 Å². The molecular weight excluding hydrogens is 301 g/mol. The number of carboxylic acid groups (broad SMARTS) is 2. The van der Waals surface area contributed by atoms with E-state index >= 15 is 0 Å². The molecule has 2 N–H and O–H groups in total. The van der Waals surface area contributed by atoms with E-state index in [0.29, 0.717) is 24.1 Å². The molecule has 23 heavy (non-hydrogen) atoms. The van der Waals surface area contributed by atoms with Gasteiger partial charge >= 0.3 is 12.1 Å². The zero-order chi connectivity index (χ0) is 16.6. The molecule has 1 amide bonds. The largest absolute Gasteiger partial charge is 0.478 e. The van der Waals surface area contributed by atoms with Gasteiger partial charge in [0.25, 0.3) is 0 Å². The van der Waals surface area contributed by atoms with Gasteiger partial charge in [-0.15, -0.1) is 0 Å². The molecule has 6 heteroatoms. The number of aromatic carboxylic acids is 1. The Balaban J connectivity index is 2.16. The van der Waals surface area contributed by atoms with Crippen molar-refractivity contribution < 1.29 is 24.2 Å². The summed E-state index contributed by atoms with van der Waals surface area (Å²) in [6, 6.07) is 9.68. The normalized spacial score (nSPS) is 16.7. The second-order valence-corrected chi connectivity index (χ2v) is 5.40. The highest BCUT2D eigenvalue weighted by atomic mass is 19.1. The van der Waals surface area contributed by atoms with E-state index in [4.69, 9.17) is 0 Å². The second kappa shape index (κ2) is 5.72. The van der Waals surface area contributed by atoms with Crippen molar-refractivity contribution in [1.29, 1.82) is 0 Å². The summed E-state index contributed by atoms with van der Waals surface area (Å²) in [6.45, 7) is 0.302. The highest BCUT2D eigenvalue weighted by molar-refractivity contribution is 5.88. The van der Waals surface area contributed by atoms with Gasteiger partial charge in [0.1, 0.15) is 5.82 Å². The molecule has 1 aliphatic heterocycles. The minimum absolute atomic E-state index is 0.100. The van der Waals surface area contributed by atoms with Crippen LogP contribution >= 0.6 is 0 Å². The molecule has 0 aromatic heterocycles. The van der Waals surface area contributed by atoms with Crippen molar-refractivity contribution in [3.8, 4) is 0 Å². The number of hydrogen-bond donors (Lipinski definition) is 2. The van der Waals surface area contributed by atoms with E-state index < -0.39 is 23.9 Å². The van der Waals surface area contributed by atoms with Crippen LogP contribution in [-0.2, 0) is 6.42 Å². The summed E-state index contributed by atoms with van der Waals surface area (Å²) in [4.78, 5) is 24.0. The van der Waals surface area contributed by atoms with Crippen molar-refractivity contribution in [3.05, 3.63) is 70.5 Å². The van der Waals surface area contributed by atoms with E-state index in [0.717, 1.165) is 5.56 Å². The lowest BCUT2D eigenvalue weighted by molar-refractivity contribution is 0.0696. The quantitative estimate of drug-likeness (QED) is 0.892. The number of halogens is 1. The zero-order valence-corrected chi connectivity index (χ0v) is 12.1. The molecule has 2 aromatic rings. The Hall–Kier alpha value is -2.89. The Kier molecular flexibility index (Phi) is 3.73. The van der Waals surface area contributed by atoms with Gasteiger partial charge in [-0.1, -0.05) is 18.2 Å². The zero-order valence-electron chi connectivity index (χ0n) is 12.1. The first kappa shape index (κ1) is 15.0. The summed E-state index contributed by atoms with van der Waals surface area (Å²) in [5.41, 5.74) is 2.24. The second-order valence-electron chi connectivity index (χ2n) is 5.40. The number of carbonyl (C=O) groups is 2. The number of fused-ring (bicyclic) bond motifs is 1. The van der Waals surface area contributed by atoms with Crippen molar-refractivity contribution >= 4 is 12.1 Å². The Morgan fingerprint density at radius 2 is 1.78 bits per heavy atom. The number of nitrogens with zero attached hydrogens (tertiary/aromatic N) is 1. The average molecular weight is 315 g/mol. The summed E-state index contributed by atoms with van der Waals surface area (Å²) < 4.78 is 13.2. The number of hydrogen-bond acceptors (Lipinski definition) is 2. The van der Waals surface area contributed by atoms with Crippen molar-refractivity contribution in [2.45, 2.75) is 12.5 Å². The Bertz CT molecular complexity index is 773. The molecular formula is C17H14FNO4. The maximum absolute atomic E-state index is 13.2. The maximum atomic E-state index is 13.2. The van der Waals surface area contributed by atoms with Gasteiger partial charge in [0.2, 0.25) is 0 Å². The summed E-state index contributed by atoms with van der Waals surface area (Å²) in [5.74, 6) is -1.48. The molecule has 0 unspecified atom stereocenters. The topological polar surface area (TPSA) is 77.8 Å². The fourth-order valence-electron chi connectivity index (χ4n) is 2.96. The predicted molar refractivity (Wildman–Crippen MR) is 80.1 cm³/mol. The third-order valence-corrected chi connectivity index (χ3v) is 4.05. The highest BCUT2D eigenvalue weighted by Crippen LogP contribution is 2.35. The molecule has 0 fully saturated rings. The standard InChI is InChI=1S/C17H14FNO4/c18-13-5-3-11(4-6-13)15-14-9-12(16(20)21)2-1-10(14)7-8-19(15)17(22)23/h1-6,9,15H,7-8H2,(H,20,21)(H,22,23)/t15-/m0/s1. The van der Waals surface area contributed by atoms with Crippen LogP contribution in [0.15, 0.2) is 42.5 Å². The molecule has 0 bridgehead atoms. The molecule has 0 spiro atoms. The van der Waals surface area contributed by atoms with Crippen LogP contribution in [-0.4, -0.2) is 33.7 Å². The van der Waals surface area contributed by atoms with Crippen LogP contribution in [0.4, 0.5) is 9.18 Å². The molecule has 1 aliphatic rings. The summed E-state index contributed by atoms with van der Waals surface area (Å²) in [6.07, 6.45) is -0.579. The minimum atomic E-state index is -1.09. The lowest BCUT2D eigenvalue weighted by atomic mass is 9.87. The minimum Gasteiger partial charge on any atom is -0.478 e. The summed E-state index contributed by atoms with van der Waals surface area (Å²) >= 11 is 0. The van der Waals surface area contributed by atoms with Crippen LogP contribution in [0.2, 0.25) is 0 Å². The molecule has 5 nitrogen and oxygen atoms in total. The molecule has 1 heterocycles. The van der Waals surface area contributed by atoms with Crippen molar-refractivity contribution in [3.63, 3.8) is 0 Å². The number of amides is 1.